The Hall–Kier alpha value is -2.22. The zero-order chi connectivity index (χ0) is 18.1. The smallest absolute Gasteiger partial charge is 0.416 e. The van der Waals surface area contributed by atoms with Crippen molar-refractivity contribution in [2.45, 2.75) is 31.0 Å². The fourth-order valence-corrected chi connectivity index (χ4v) is 3.97. The third kappa shape index (κ3) is 3.48. The topological polar surface area (TPSA) is 57.6 Å². The summed E-state index contributed by atoms with van der Waals surface area (Å²) in [6.07, 6.45) is -4.63. The lowest BCUT2D eigenvalue weighted by Crippen LogP contribution is -2.37. The number of phenolic OH excluding ortho intramolecular Hbond substituents is 1. The lowest BCUT2D eigenvalue weighted by Gasteiger charge is -2.29. The van der Waals surface area contributed by atoms with Gasteiger partial charge in [0, 0.05) is 6.04 Å². The van der Waals surface area contributed by atoms with Crippen LogP contribution in [-0.2, 0) is 16.2 Å². The Labute approximate surface area is 138 Å². The number of halogens is 3. The van der Waals surface area contributed by atoms with Crippen molar-refractivity contribution >= 4 is 15.7 Å². The van der Waals surface area contributed by atoms with Crippen LogP contribution in [0.15, 0.2) is 53.4 Å². The first-order chi connectivity index (χ1) is 11.0. The van der Waals surface area contributed by atoms with E-state index in [1.165, 1.54) is 24.3 Å². The molecule has 0 radical (unpaired) electrons. The molecule has 8 heteroatoms. The van der Waals surface area contributed by atoms with E-state index in [1.807, 2.05) is 0 Å². The average Bonchev–Trinajstić information content (AvgIpc) is 2.48. The number of anilines is 1. The van der Waals surface area contributed by atoms with Gasteiger partial charge in [0.25, 0.3) is 10.0 Å². The summed E-state index contributed by atoms with van der Waals surface area (Å²) in [6, 6.07) is 9.09. The van der Waals surface area contributed by atoms with E-state index in [4.69, 9.17) is 0 Å². The molecule has 0 spiro atoms. The zero-order valence-electron chi connectivity index (χ0n) is 12.9. The molecule has 2 aromatic carbocycles. The van der Waals surface area contributed by atoms with E-state index < -0.39 is 33.6 Å². The van der Waals surface area contributed by atoms with Crippen LogP contribution in [0.5, 0.6) is 5.75 Å². The first-order valence-corrected chi connectivity index (χ1v) is 8.49. The SMILES string of the molecule is CC(C)N(c1ccc(C(F)(F)F)cc1O)S(=O)(=O)c1ccccc1. The maximum absolute atomic E-state index is 12.8. The number of hydrogen-bond donors (Lipinski definition) is 1. The molecule has 0 saturated carbocycles. The van der Waals surface area contributed by atoms with Crippen LogP contribution in [0.4, 0.5) is 18.9 Å². The molecule has 0 aliphatic heterocycles. The van der Waals surface area contributed by atoms with Crippen molar-refractivity contribution in [3.63, 3.8) is 0 Å². The van der Waals surface area contributed by atoms with E-state index in [-0.39, 0.29) is 10.6 Å². The highest BCUT2D eigenvalue weighted by Crippen LogP contribution is 2.38. The van der Waals surface area contributed by atoms with E-state index >= 15 is 0 Å². The monoisotopic (exact) mass is 359 g/mol. The maximum Gasteiger partial charge on any atom is 0.416 e. The van der Waals surface area contributed by atoms with Crippen LogP contribution < -0.4 is 4.31 Å². The quantitative estimate of drug-likeness (QED) is 0.897. The number of alkyl halides is 3. The highest BCUT2D eigenvalue weighted by molar-refractivity contribution is 7.92. The summed E-state index contributed by atoms with van der Waals surface area (Å²) >= 11 is 0. The molecular formula is C16H16F3NO3S. The van der Waals surface area contributed by atoms with Crippen LogP contribution in [0, 0.1) is 0 Å². The summed E-state index contributed by atoms with van der Waals surface area (Å²) in [5.74, 6) is -0.752. The number of rotatable bonds is 4. The number of aromatic hydroxyl groups is 1. The van der Waals surface area contributed by atoms with Crippen molar-refractivity contribution in [2.24, 2.45) is 0 Å². The van der Waals surface area contributed by atoms with Gasteiger partial charge in [-0.25, -0.2) is 8.42 Å². The third-order valence-corrected chi connectivity index (χ3v) is 5.31. The van der Waals surface area contributed by atoms with Gasteiger partial charge in [0.05, 0.1) is 16.1 Å². The molecule has 0 aliphatic carbocycles. The molecule has 2 rings (SSSR count). The van der Waals surface area contributed by atoms with E-state index in [9.17, 15) is 26.7 Å². The molecule has 0 unspecified atom stereocenters. The molecule has 0 saturated heterocycles. The Kier molecular flexibility index (Phi) is 4.80. The Balaban J connectivity index is 2.58. The molecule has 0 amide bonds. The lowest BCUT2D eigenvalue weighted by molar-refractivity contribution is -0.137. The molecule has 0 aromatic heterocycles. The highest BCUT2D eigenvalue weighted by atomic mass is 32.2. The van der Waals surface area contributed by atoms with Crippen molar-refractivity contribution in [3.8, 4) is 5.75 Å². The average molecular weight is 359 g/mol. The van der Waals surface area contributed by atoms with E-state index in [0.29, 0.717) is 6.07 Å². The predicted octanol–water partition coefficient (Wildman–Crippen LogP) is 4.01. The Morgan fingerprint density at radius 2 is 1.62 bits per heavy atom. The standard InChI is InChI=1S/C16H16F3NO3S/c1-11(2)20(24(22,23)13-6-4-3-5-7-13)14-9-8-12(10-15(14)21)16(17,18)19/h3-11,21H,1-2H3. The zero-order valence-corrected chi connectivity index (χ0v) is 13.8. The number of hydrogen-bond acceptors (Lipinski definition) is 3. The highest BCUT2D eigenvalue weighted by Gasteiger charge is 2.34. The minimum Gasteiger partial charge on any atom is -0.506 e. The van der Waals surface area contributed by atoms with Gasteiger partial charge in [-0.15, -0.1) is 0 Å². The summed E-state index contributed by atoms with van der Waals surface area (Å²) < 4.78 is 64.6. The van der Waals surface area contributed by atoms with Crippen LogP contribution in [0.3, 0.4) is 0 Å². The van der Waals surface area contributed by atoms with Gasteiger partial charge in [0.15, 0.2) is 0 Å². The van der Waals surface area contributed by atoms with Gasteiger partial charge >= 0.3 is 6.18 Å². The van der Waals surface area contributed by atoms with Crippen LogP contribution >= 0.6 is 0 Å². The van der Waals surface area contributed by atoms with Gasteiger partial charge in [-0.2, -0.15) is 13.2 Å². The van der Waals surface area contributed by atoms with Crippen LogP contribution in [0.1, 0.15) is 19.4 Å². The van der Waals surface area contributed by atoms with Crippen molar-refractivity contribution in [1.82, 2.24) is 0 Å². The second kappa shape index (κ2) is 6.35. The van der Waals surface area contributed by atoms with Crippen molar-refractivity contribution in [2.75, 3.05) is 4.31 Å². The van der Waals surface area contributed by atoms with Crippen molar-refractivity contribution in [3.05, 3.63) is 54.1 Å². The van der Waals surface area contributed by atoms with E-state index in [0.717, 1.165) is 16.4 Å². The van der Waals surface area contributed by atoms with Gasteiger partial charge in [-0.1, -0.05) is 18.2 Å². The summed E-state index contributed by atoms with van der Waals surface area (Å²) in [6.45, 7) is 3.13. The van der Waals surface area contributed by atoms with E-state index in [1.54, 1.807) is 19.9 Å². The second-order valence-electron chi connectivity index (χ2n) is 5.41. The number of sulfonamides is 1. The van der Waals surface area contributed by atoms with Gasteiger partial charge < -0.3 is 5.11 Å². The summed E-state index contributed by atoms with van der Waals surface area (Å²) in [7, 11) is -4.03. The first kappa shape index (κ1) is 18.1. The molecule has 130 valence electrons. The summed E-state index contributed by atoms with van der Waals surface area (Å²) in [5.41, 5.74) is -1.26. The molecular weight excluding hydrogens is 343 g/mol. The number of phenols is 1. The van der Waals surface area contributed by atoms with Gasteiger partial charge in [0.1, 0.15) is 5.75 Å². The Bertz CT molecular complexity index is 818. The molecule has 0 aliphatic rings. The van der Waals surface area contributed by atoms with Crippen molar-refractivity contribution in [1.29, 1.82) is 0 Å². The van der Waals surface area contributed by atoms with Gasteiger partial charge in [-0.05, 0) is 44.2 Å². The van der Waals surface area contributed by atoms with Crippen LogP contribution in [-0.4, -0.2) is 19.6 Å². The Morgan fingerprint density at radius 1 is 1.04 bits per heavy atom. The molecule has 0 heterocycles. The maximum atomic E-state index is 12.8. The van der Waals surface area contributed by atoms with Gasteiger partial charge in [-0.3, -0.25) is 4.31 Å². The fourth-order valence-electron chi connectivity index (χ4n) is 2.28. The van der Waals surface area contributed by atoms with Gasteiger partial charge in [0.2, 0.25) is 0 Å². The first-order valence-electron chi connectivity index (χ1n) is 7.05. The minimum absolute atomic E-state index is 0.0157. The molecule has 24 heavy (non-hydrogen) atoms. The molecule has 2 aromatic rings. The molecule has 0 fully saturated rings. The summed E-state index contributed by atoms with van der Waals surface area (Å²) in [5, 5.41) is 9.98. The second-order valence-corrected chi connectivity index (χ2v) is 7.22. The third-order valence-electron chi connectivity index (χ3n) is 3.31. The number of nitrogens with zero attached hydrogens (tertiary/aromatic N) is 1. The van der Waals surface area contributed by atoms with E-state index in [2.05, 4.69) is 0 Å². The lowest BCUT2D eigenvalue weighted by atomic mass is 10.1. The normalized spacial score (nSPS) is 12.4. The van der Waals surface area contributed by atoms with Crippen molar-refractivity contribution < 1.29 is 26.7 Å². The molecule has 1 N–H and O–H groups in total. The molecule has 0 atom stereocenters. The predicted molar refractivity (Wildman–Crippen MR) is 84.4 cm³/mol. The molecule has 0 bridgehead atoms. The van der Waals surface area contributed by atoms with Crippen LogP contribution in [0.25, 0.3) is 0 Å². The molecule has 4 nitrogen and oxygen atoms in total. The Morgan fingerprint density at radius 3 is 2.08 bits per heavy atom. The number of benzene rings is 2. The summed E-state index contributed by atoms with van der Waals surface area (Å²) in [4.78, 5) is -0.0157. The largest absolute Gasteiger partial charge is 0.506 e. The van der Waals surface area contributed by atoms with Crippen LogP contribution in [0.2, 0.25) is 0 Å². The fraction of sp³-hybridized carbons (Fsp3) is 0.250. The minimum atomic E-state index is -4.63.